The van der Waals surface area contributed by atoms with Crippen LogP contribution in [0.25, 0.3) is 0 Å². The van der Waals surface area contributed by atoms with Crippen LogP contribution in [-0.4, -0.2) is 35.8 Å². The second kappa shape index (κ2) is 5.95. The van der Waals surface area contributed by atoms with Gasteiger partial charge in [-0.25, -0.2) is 0 Å². The van der Waals surface area contributed by atoms with E-state index in [4.69, 9.17) is 4.74 Å². The summed E-state index contributed by atoms with van der Waals surface area (Å²) >= 11 is 2.10. The Bertz CT molecular complexity index is 298. The van der Waals surface area contributed by atoms with Crippen LogP contribution in [0.5, 0.6) is 0 Å². The Morgan fingerprint density at radius 1 is 1.11 bits per heavy atom. The van der Waals surface area contributed by atoms with Crippen molar-refractivity contribution in [2.75, 3.05) is 18.1 Å². The molecule has 3 rings (SSSR count). The summed E-state index contributed by atoms with van der Waals surface area (Å²) in [7, 11) is 0. The lowest BCUT2D eigenvalue weighted by Crippen LogP contribution is -2.51. The van der Waals surface area contributed by atoms with Crippen LogP contribution in [0.1, 0.15) is 52.4 Å². The first-order valence-corrected chi connectivity index (χ1v) is 9.32. The summed E-state index contributed by atoms with van der Waals surface area (Å²) in [6.45, 7) is 5.82. The van der Waals surface area contributed by atoms with Gasteiger partial charge in [-0.3, -0.25) is 0 Å². The first kappa shape index (κ1) is 14.2. The molecule has 3 fully saturated rings. The SMILES string of the molecule is CC1CCC(NC2CCOC3(CCSCC3)C2)C1C. The van der Waals surface area contributed by atoms with E-state index in [1.54, 1.807) is 0 Å². The van der Waals surface area contributed by atoms with E-state index < -0.39 is 0 Å². The Hall–Kier alpha value is 0.270. The molecule has 1 saturated carbocycles. The van der Waals surface area contributed by atoms with Crippen molar-refractivity contribution in [3.8, 4) is 0 Å². The van der Waals surface area contributed by atoms with Gasteiger partial charge in [-0.15, -0.1) is 0 Å². The van der Waals surface area contributed by atoms with Crippen molar-refractivity contribution in [2.24, 2.45) is 11.8 Å². The molecule has 3 heteroatoms. The van der Waals surface area contributed by atoms with Gasteiger partial charge in [0, 0.05) is 18.7 Å². The summed E-state index contributed by atoms with van der Waals surface area (Å²) < 4.78 is 6.20. The Morgan fingerprint density at radius 2 is 1.89 bits per heavy atom. The van der Waals surface area contributed by atoms with Crippen LogP contribution < -0.4 is 5.32 Å². The van der Waals surface area contributed by atoms with Gasteiger partial charge in [0.1, 0.15) is 0 Å². The Balaban J connectivity index is 1.56. The number of hydrogen-bond acceptors (Lipinski definition) is 3. The number of hydrogen-bond donors (Lipinski definition) is 1. The van der Waals surface area contributed by atoms with Gasteiger partial charge < -0.3 is 10.1 Å². The zero-order valence-corrected chi connectivity index (χ0v) is 13.3. The van der Waals surface area contributed by atoms with E-state index in [1.165, 1.54) is 50.0 Å². The molecule has 0 aromatic carbocycles. The second-order valence-corrected chi connectivity index (χ2v) is 8.25. The quantitative estimate of drug-likeness (QED) is 0.838. The number of rotatable bonds is 2. The zero-order chi connectivity index (χ0) is 13.3. The fourth-order valence-electron chi connectivity index (χ4n) is 4.16. The lowest BCUT2D eigenvalue weighted by molar-refractivity contribution is -0.0945. The molecule has 2 saturated heterocycles. The van der Waals surface area contributed by atoms with Gasteiger partial charge >= 0.3 is 0 Å². The van der Waals surface area contributed by atoms with Crippen molar-refractivity contribution in [2.45, 2.75) is 70.1 Å². The molecule has 4 atom stereocenters. The highest BCUT2D eigenvalue weighted by Crippen LogP contribution is 2.39. The molecule has 0 bridgehead atoms. The van der Waals surface area contributed by atoms with Gasteiger partial charge in [0.05, 0.1) is 5.60 Å². The first-order chi connectivity index (χ1) is 9.19. The van der Waals surface area contributed by atoms with E-state index in [9.17, 15) is 0 Å². The predicted octanol–water partition coefficient (Wildman–Crippen LogP) is 3.46. The van der Waals surface area contributed by atoms with Crippen molar-refractivity contribution in [3.05, 3.63) is 0 Å². The fraction of sp³-hybridized carbons (Fsp3) is 1.00. The summed E-state index contributed by atoms with van der Waals surface area (Å²) in [6, 6.07) is 1.46. The molecule has 2 heterocycles. The summed E-state index contributed by atoms with van der Waals surface area (Å²) in [4.78, 5) is 0. The molecule has 110 valence electrons. The largest absolute Gasteiger partial charge is 0.375 e. The van der Waals surface area contributed by atoms with Gasteiger partial charge in [-0.2, -0.15) is 11.8 Å². The van der Waals surface area contributed by atoms with Crippen molar-refractivity contribution in [3.63, 3.8) is 0 Å². The minimum absolute atomic E-state index is 0.231. The van der Waals surface area contributed by atoms with Gasteiger partial charge in [0.25, 0.3) is 0 Å². The van der Waals surface area contributed by atoms with Gasteiger partial charge in [0.15, 0.2) is 0 Å². The maximum Gasteiger partial charge on any atom is 0.0713 e. The minimum atomic E-state index is 0.231. The summed E-state index contributed by atoms with van der Waals surface area (Å²) in [5, 5.41) is 3.98. The number of nitrogens with one attached hydrogen (secondary N) is 1. The minimum Gasteiger partial charge on any atom is -0.375 e. The van der Waals surface area contributed by atoms with E-state index in [2.05, 4.69) is 30.9 Å². The van der Waals surface area contributed by atoms with E-state index in [-0.39, 0.29) is 5.60 Å². The lowest BCUT2D eigenvalue weighted by atomic mass is 9.84. The van der Waals surface area contributed by atoms with Gasteiger partial charge in [0.2, 0.25) is 0 Å². The molecule has 2 nitrogen and oxygen atoms in total. The molecule has 0 radical (unpaired) electrons. The predicted molar refractivity (Wildman–Crippen MR) is 82.7 cm³/mol. The van der Waals surface area contributed by atoms with E-state index in [1.807, 2.05) is 0 Å². The molecule has 1 N–H and O–H groups in total. The highest BCUT2D eigenvalue weighted by atomic mass is 32.2. The average molecular weight is 283 g/mol. The van der Waals surface area contributed by atoms with Crippen molar-refractivity contribution in [1.82, 2.24) is 5.32 Å². The van der Waals surface area contributed by atoms with Crippen molar-refractivity contribution >= 4 is 11.8 Å². The topological polar surface area (TPSA) is 21.3 Å². The number of thioether (sulfide) groups is 1. The van der Waals surface area contributed by atoms with Crippen molar-refractivity contribution < 1.29 is 4.74 Å². The molecule has 2 aliphatic heterocycles. The second-order valence-electron chi connectivity index (χ2n) is 7.02. The molecular weight excluding hydrogens is 254 g/mol. The molecule has 1 aliphatic carbocycles. The smallest absolute Gasteiger partial charge is 0.0713 e. The first-order valence-electron chi connectivity index (χ1n) is 8.16. The third-order valence-corrected chi connectivity index (χ3v) is 6.80. The molecular formula is C16H29NOS. The van der Waals surface area contributed by atoms with Crippen LogP contribution in [-0.2, 0) is 4.74 Å². The van der Waals surface area contributed by atoms with Crippen molar-refractivity contribution in [1.29, 1.82) is 0 Å². The van der Waals surface area contributed by atoms with Crippen LogP contribution in [0.4, 0.5) is 0 Å². The third-order valence-electron chi connectivity index (χ3n) is 5.81. The fourth-order valence-corrected chi connectivity index (χ4v) is 5.40. The van der Waals surface area contributed by atoms with Gasteiger partial charge in [-0.1, -0.05) is 13.8 Å². The lowest BCUT2D eigenvalue weighted by Gasteiger charge is -2.44. The maximum absolute atomic E-state index is 6.20. The molecule has 0 amide bonds. The highest BCUT2D eigenvalue weighted by molar-refractivity contribution is 7.99. The molecule has 0 aromatic rings. The van der Waals surface area contributed by atoms with E-state index >= 15 is 0 Å². The van der Waals surface area contributed by atoms with Crippen LogP contribution in [0.15, 0.2) is 0 Å². The maximum atomic E-state index is 6.20. The summed E-state index contributed by atoms with van der Waals surface area (Å²) in [6.07, 6.45) is 7.79. The highest BCUT2D eigenvalue weighted by Gasteiger charge is 2.40. The monoisotopic (exact) mass is 283 g/mol. The normalized spacial score (nSPS) is 42.6. The van der Waals surface area contributed by atoms with Gasteiger partial charge in [-0.05, 0) is 61.9 Å². The molecule has 1 spiro atoms. The Labute approximate surface area is 122 Å². The zero-order valence-electron chi connectivity index (χ0n) is 12.5. The van der Waals surface area contributed by atoms with E-state index in [0.717, 1.165) is 24.5 Å². The van der Waals surface area contributed by atoms with Crippen LogP contribution >= 0.6 is 11.8 Å². The standard InChI is InChI=1S/C16H29NOS/c1-12-3-4-15(13(12)2)17-14-5-8-18-16(11-14)6-9-19-10-7-16/h12-15,17H,3-11H2,1-2H3. The summed E-state index contributed by atoms with van der Waals surface area (Å²) in [5.41, 5.74) is 0.231. The average Bonchev–Trinajstić information content (AvgIpc) is 2.72. The Morgan fingerprint density at radius 3 is 2.58 bits per heavy atom. The summed E-state index contributed by atoms with van der Waals surface area (Å²) in [5.74, 6) is 4.34. The molecule has 0 aromatic heterocycles. The van der Waals surface area contributed by atoms with Crippen LogP contribution in [0.2, 0.25) is 0 Å². The van der Waals surface area contributed by atoms with Crippen LogP contribution in [0, 0.1) is 11.8 Å². The third kappa shape index (κ3) is 3.14. The van der Waals surface area contributed by atoms with E-state index in [0.29, 0.717) is 6.04 Å². The molecule has 3 aliphatic rings. The Kier molecular flexibility index (Phi) is 4.45. The molecule has 19 heavy (non-hydrogen) atoms. The molecule has 4 unspecified atom stereocenters. The number of ether oxygens (including phenoxy) is 1. The van der Waals surface area contributed by atoms with Crippen LogP contribution in [0.3, 0.4) is 0 Å².